The van der Waals surface area contributed by atoms with Gasteiger partial charge in [0, 0.05) is 53.6 Å². The number of nitrogens with zero attached hydrogens (tertiary/aromatic N) is 3. The summed E-state index contributed by atoms with van der Waals surface area (Å²) >= 11 is 12.0. The minimum atomic E-state index is -4.25. The summed E-state index contributed by atoms with van der Waals surface area (Å²) in [5.74, 6) is -2.56. The maximum atomic E-state index is 13.5. The molecular weight excluding hydrogens is 807 g/mol. The number of nitrogens with one attached hydrogen (secondary N) is 3. The van der Waals surface area contributed by atoms with Crippen molar-refractivity contribution in [3.8, 4) is 0 Å². The Labute approximate surface area is 336 Å². The van der Waals surface area contributed by atoms with Crippen molar-refractivity contribution in [1.29, 1.82) is 0 Å². The summed E-state index contributed by atoms with van der Waals surface area (Å²) in [6.07, 6.45) is 2.97. The first kappa shape index (κ1) is 42.9. The van der Waals surface area contributed by atoms with Crippen LogP contribution in [0.3, 0.4) is 0 Å². The molecule has 0 radical (unpaired) electrons. The lowest BCUT2D eigenvalue weighted by molar-refractivity contribution is -0.142. The van der Waals surface area contributed by atoms with E-state index < -0.39 is 56.6 Å². The zero-order valence-corrected chi connectivity index (χ0v) is 33.9. The molecule has 0 aromatic heterocycles. The van der Waals surface area contributed by atoms with Gasteiger partial charge in [0.1, 0.15) is 12.1 Å². The lowest BCUT2D eigenvalue weighted by atomic mass is 10.1. The summed E-state index contributed by atoms with van der Waals surface area (Å²) in [6.45, 7) is 1.60. The molecule has 0 bridgehead atoms. The van der Waals surface area contributed by atoms with Crippen molar-refractivity contribution in [3.05, 3.63) is 87.9 Å². The number of carbonyl (C=O) groups is 4. The van der Waals surface area contributed by atoms with Crippen LogP contribution in [0.2, 0.25) is 10.0 Å². The number of aliphatic carboxylic acids is 1. The number of rotatable bonds is 15. The van der Waals surface area contributed by atoms with Crippen LogP contribution in [-0.4, -0.2) is 110 Å². The molecule has 2 fully saturated rings. The van der Waals surface area contributed by atoms with E-state index in [2.05, 4.69) is 16.0 Å². The van der Waals surface area contributed by atoms with Crippen molar-refractivity contribution < 1.29 is 41.1 Å². The van der Waals surface area contributed by atoms with Crippen molar-refractivity contribution in [3.63, 3.8) is 0 Å². The van der Waals surface area contributed by atoms with Gasteiger partial charge in [0.2, 0.25) is 31.9 Å². The van der Waals surface area contributed by atoms with Crippen molar-refractivity contribution in [2.45, 2.75) is 68.5 Å². The molecule has 2 saturated heterocycles. The number of carbonyl (C=O) groups excluding carboxylic acids is 3. The van der Waals surface area contributed by atoms with Crippen LogP contribution in [0.5, 0.6) is 0 Å². The minimum absolute atomic E-state index is 0.00937. The van der Waals surface area contributed by atoms with Gasteiger partial charge < -0.3 is 26.0 Å². The lowest BCUT2D eigenvalue weighted by Crippen LogP contribution is -2.55. The van der Waals surface area contributed by atoms with E-state index in [4.69, 9.17) is 23.2 Å². The molecule has 0 aliphatic carbocycles. The Morgan fingerprint density at radius 3 is 2.21 bits per heavy atom. The zero-order valence-electron chi connectivity index (χ0n) is 30.8. The SMILES string of the molecule is Cc1ccccc1NC(=O)Nc1ccc(CC(=O)N2CCC[C@H]2CCN(C[C@H](NC(=O)[C@@H]2CCCN2S(=O)(=O)c2cc(Cl)cc(Cl)c2)C(=O)O)S(C)(=O)=O)cc1. The first-order valence-electron chi connectivity index (χ1n) is 17.9. The zero-order chi connectivity index (χ0) is 40.8. The van der Waals surface area contributed by atoms with Crippen molar-refractivity contribution >= 4 is 78.4 Å². The van der Waals surface area contributed by atoms with Crippen LogP contribution >= 0.6 is 23.2 Å². The maximum Gasteiger partial charge on any atom is 0.327 e. The van der Waals surface area contributed by atoms with Crippen LogP contribution in [0.25, 0.3) is 0 Å². The number of halogens is 2. The van der Waals surface area contributed by atoms with Crippen LogP contribution in [0.4, 0.5) is 16.2 Å². The highest BCUT2D eigenvalue weighted by Gasteiger charge is 2.41. The van der Waals surface area contributed by atoms with Crippen molar-refractivity contribution in [2.75, 3.05) is 43.1 Å². The largest absolute Gasteiger partial charge is 0.480 e. The molecular formula is C37H44Cl2N6O9S2. The molecule has 19 heteroatoms. The number of aryl methyl sites for hydroxylation is 1. The third-order valence-electron chi connectivity index (χ3n) is 9.79. The molecule has 302 valence electrons. The number of hydrogen-bond acceptors (Lipinski definition) is 8. The molecule has 5 rings (SSSR count). The number of amides is 4. The van der Waals surface area contributed by atoms with E-state index in [1.54, 1.807) is 35.2 Å². The van der Waals surface area contributed by atoms with E-state index in [-0.39, 0.29) is 59.2 Å². The van der Waals surface area contributed by atoms with Gasteiger partial charge in [-0.1, -0.05) is 53.5 Å². The average Bonchev–Trinajstić information content (AvgIpc) is 3.81. The van der Waals surface area contributed by atoms with E-state index in [1.807, 2.05) is 25.1 Å². The molecule has 2 aliphatic heterocycles. The fourth-order valence-corrected chi connectivity index (χ4v) is 10.1. The van der Waals surface area contributed by atoms with Crippen LogP contribution in [-0.2, 0) is 40.9 Å². The number of likely N-dealkylation sites (tertiary alicyclic amines) is 1. The van der Waals surface area contributed by atoms with Crippen LogP contribution in [0.1, 0.15) is 43.2 Å². The van der Waals surface area contributed by atoms with E-state index in [9.17, 15) is 41.1 Å². The Bertz CT molecular complexity index is 2150. The van der Waals surface area contributed by atoms with Gasteiger partial charge in [0.15, 0.2) is 0 Å². The molecule has 0 unspecified atom stereocenters. The Morgan fingerprint density at radius 2 is 1.57 bits per heavy atom. The fourth-order valence-electron chi connectivity index (χ4n) is 6.89. The molecule has 56 heavy (non-hydrogen) atoms. The van der Waals surface area contributed by atoms with Gasteiger partial charge in [-0.3, -0.25) is 9.59 Å². The predicted octanol–water partition coefficient (Wildman–Crippen LogP) is 4.55. The van der Waals surface area contributed by atoms with E-state index in [1.165, 1.54) is 18.2 Å². The Balaban J connectivity index is 1.17. The number of carboxylic acid groups (broad SMARTS) is 1. The Morgan fingerprint density at radius 1 is 0.911 bits per heavy atom. The van der Waals surface area contributed by atoms with Gasteiger partial charge in [0.25, 0.3) is 0 Å². The Kier molecular flexibility index (Phi) is 14.0. The molecule has 3 aromatic carbocycles. The number of hydrogen-bond donors (Lipinski definition) is 4. The highest BCUT2D eigenvalue weighted by atomic mass is 35.5. The number of anilines is 2. The number of para-hydroxylation sites is 1. The summed E-state index contributed by atoms with van der Waals surface area (Å²) in [7, 11) is -8.24. The predicted molar refractivity (Wildman–Crippen MR) is 213 cm³/mol. The van der Waals surface area contributed by atoms with Crippen molar-refractivity contribution in [1.82, 2.24) is 18.8 Å². The topological polar surface area (TPSA) is 203 Å². The van der Waals surface area contributed by atoms with E-state index in [0.717, 1.165) is 20.4 Å². The summed E-state index contributed by atoms with van der Waals surface area (Å²) in [5, 5.41) is 18.1. The highest BCUT2D eigenvalue weighted by molar-refractivity contribution is 7.89. The van der Waals surface area contributed by atoms with Crippen LogP contribution in [0.15, 0.2) is 71.6 Å². The number of benzene rings is 3. The third-order valence-corrected chi connectivity index (χ3v) is 13.4. The summed E-state index contributed by atoms with van der Waals surface area (Å²) in [4.78, 5) is 53.2. The molecule has 0 saturated carbocycles. The maximum absolute atomic E-state index is 13.5. The second-order valence-corrected chi connectivity index (χ2v) is 18.6. The first-order valence-corrected chi connectivity index (χ1v) is 21.9. The van der Waals surface area contributed by atoms with Gasteiger partial charge in [-0.05, 0) is 86.6 Å². The highest BCUT2D eigenvalue weighted by Crippen LogP contribution is 2.30. The quantitative estimate of drug-likeness (QED) is 0.169. The van der Waals surface area contributed by atoms with Crippen LogP contribution < -0.4 is 16.0 Å². The smallest absolute Gasteiger partial charge is 0.327 e. The summed E-state index contributed by atoms with van der Waals surface area (Å²) in [5.41, 5.74) is 2.86. The number of carboxylic acids is 1. The second kappa shape index (κ2) is 18.3. The minimum Gasteiger partial charge on any atom is -0.480 e. The lowest BCUT2D eigenvalue weighted by Gasteiger charge is -2.30. The molecule has 3 aromatic rings. The van der Waals surface area contributed by atoms with E-state index >= 15 is 0 Å². The number of urea groups is 1. The summed E-state index contributed by atoms with van der Waals surface area (Å²) in [6, 6.07) is 14.4. The normalized spacial score (nSPS) is 18.1. The van der Waals surface area contributed by atoms with Gasteiger partial charge >= 0.3 is 12.0 Å². The van der Waals surface area contributed by atoms with Gasteiger partial charge in [0.05, 0.1) is 17.6 Å². The first-order chi connectivity index (χ1) is 26.4. The van der Waals surface area contributed by atoms with Gasteiger partial charge in [-0.15, -0.1) is 0 Å². The second-order valence-electron chi connectivity index (χ2n) is 13.8. The van der Waals surface area contributed by atoms with Crippen molar-refractivity contribution in [2.24, 2.45) is 0 Å². The molecule has 2 aliphatic rings. The molecule has 3 atom stereocenters. The van der Waals surface area contributed by atoms with Gasteiger partial charge in [-0.25, -0.2) is 26.4 Å². The fraction of sp³-hybridized carbons (Fsp3) is 0.405. The monoisotopic (exact) mass is 850 g/mol. The van der Waals surface area contributed by atoms with Crippen LogP contribution in [0, 0.1) is 6.92 Å². The Hall–Kier alpha value is -4.26. The molecule has 4 amide bonds. The molecule has 2 heterocycles. The molecule has 0 spiro atoms. The number of sulfonamides is 2. The summed E-state index contributed by atoms with van der Waals surface area (Å²) < 4.78 is 54.6. The van der Waals surface area contributed by atoms with Gasteiger partial charge in [-0.2, -0.15) is 8.61 Å². The molecule has 4 N–H and O–H groups in total. The van der Waals surface area contributed by atoms with E-state index in [0.29, 0.717) is 42.7 Å². The molecule has 15 nitrogen and oxygen atoms in total. The standard InChI is InChI=1S/C37H44Cl2N6O9S2/c1-24-7-3-4-9-31(24)42-37(50)40-28-13-11-25(12-14-28)19-34(46)44-16-5-8-29(44)15-18-43(55(2,51)52)23-32(36(48)49)41-35(47)33-10-6-17-45(33)56(53,54)30-21-26(38)20-27(39)22-30/h3-4,7,9,11-14,20-22,29,32-33H,5-6,8,10,15-19,23H2,1-2H3,(H,41,47)(H,48,49)(H2,40,42,50)/t29-,32-,33-/m0/s1. The average molecular weight is 852 g/mol. The third kappa shape index (κ3) is 11.0.